The van der Waals surface area contributed by atoms with Crippen LogP contribution in [0.5, 0.6) is 11.5 Å². The lowest BCUT2D eigenvalue weighted by Gasteiger charge is -2.17. The number of hydrogen-bond donors (Lipinski definition) is 1. The molecule has 0 fully saturated rings. The summed E-state index contributed by atoms with van der Waals surface area (Å²) in [4.78, 5) is 25.4. The van der Waals surface area contributed by atoms with Gasteiger partial charge in [0.25, 0.3) is 5.91 Å². The molecule has 3 rings (SSSR count). The van der Waals surface area contributed by atoms with Crippen LogP contribution >= 0.6 is 0 Å². The van der Waals surface area contributed by atoms with Gasteiger partial charge in [-0.05, 0) is 60.9 Å². The molecule has 0 radical (unpaired) electrons. The third-order valence-electron chi connectivity index (χ3n) is 5.23. The highest BCUT2D eigenvalue weighted by Crippen LogP contribution is 2.38. The Hall–Kier alpha value is -3.42. The van der Waals surface area contributed by atoms with Crippen LogP contribution in [0.3, 0.4) is 0 Å². The molecular formula is C23H23F2NO5. The first kappa shape index (κ1) is 22.3. The molecule has 1 N–H and O–H groups in total. The minimum atomic E-state index is -2.96. The van der Waals surface area contributed by atoms with E-state index in [1.165, 1.54) is 35.9 Å². The van der Waals surface area contributed by atoms with Crippen LogP contribution in [0.4, 0.5) is 8.78 Å². The Bertz CT molecular complexity index is 1120. The molecule has 0 saturated heterocycles. The molecule has 1 atom stereocenters. The monoisotopic (exact) mass is 431 g/mol. The predicted octanol–water partition coefficient (Wildman–Crippen LogP) is 5.07. The third kappa shape index (κ3) is 4.23. The molecule has 0 bridgehead atoms. The maximum absolute atomic E-state index is 13.3. The highest BCUT2D eigenvalue weighted by Gasteiger charge is 2.31. The van der Waals surface area contributed by atoms with E-state index in [4.69, 9.17) is 4.74 Å². The van der Waals surface area contributed by atoms with Crippen molar-refractivity contribution >= 4 is 22.8 Å². The quantitative estimate of drug-likeness (QED) is 0.565. The van der Waals surface area contributed by atoms with Gasteiger partial charge in [-0.3, -0.25) is 14.2 Å². The lowest BCUT2D eigenvalue weighted by molar-refractivity contribution is -0.139. The van der Waals surface area contributed by atoms with Crippen LogP contribution < -0.4 is 9.47 Å². The second-order valence-corrected chi connectivity index (χ2v) is 7.49. The number of carboxylic acids is 1. The van der Waals surface area contributed by atoms with Crippen molar-refractivity contribution in [1.29, 1.82) is 0 Å². The average molecular weight is 431 g/mol. The van der Waals surface area contributed by atoms with Gasteiger partial charge in [0.05, 0.1) is 18.5 Å². The van der Waals surface area contributed by atoms with Gasteiger partial charge in [-0.2, -0.15) is 8.78 Å². The summed E-state index contributed by atoms with van der Waals surface area (Å²) in [6.07, 6.45) is 0. The number of hydrogen-bond acceptors (Lipinski definition) is 4. The van der Waals surface area contributed by atoms with Crippen molar-refractivity contribution in [1.82, 2.24) is 4.57 Å². The Labute approximate surface area is 178 Å². The molecule has 0 aliphatic heterocycles. The Morgan fingerprint density at radius 1 is 1.03 bits per heavy atom. The van der Waals surface area contributed by atoms with E-state index in [1.54, 1.807) is 25.1 Å². The first-order valence-electron chi connectivity index (χ1n) is 9.67. The minimum absolute atomic E-state index is 0.0585. The van der Waals surface area contributed by atoms with Gasteiger partial charge in [0.1, 0.15) is 11.5 Å². The molecule has 6 nitrogen and oxygen atoms in total. The van der Waals surface area contributed by atoms with Crippen LogP contribution in [-0.4, -0.2) is 35.3 Å². The molecule has 0 saturated carbocycles. The number of carboxylic acid groups (broad SMARTS) is 1. The number of halogens is 2. The number of aromatic nitrogens is 1. The largest absolute Gasteiger partial charge is 0.497 e. The van der Waals surface area contributed by atoms with Gasteiger partial charge >= 0.3 is 12.6 Å². The summed E-state index contributed by atoms with van der Waals surface area (Å²) in [5.74, 6) is -1.96. The second-order valence-electron chi connectivity index (χ2n) is 7.49. The maximum atomic E-state index is 13.3. The van der Waals surface area contributed by atoms with E-state index in [2.05, 4.69) is 4.74 Å². The molecule has 2 aromatic carbocycles. The Kier molecular flexibility index (Phi) is 6.29. The molecule has 8 heteroatoms. The number of methoxy groups -OCH3 is 1. The van der Waals surface area contributed by atoms with Gasteiger partial charge in [0, 0.05) is 16.6 Å². The zero-order chi connectivity index (χ0) is 22.9. The molecule has 0 spiro atoms. The van der Waals surface area contributed by atoms with E-state index in [-0.39, 0.29) is 17.2 Å². The smallest absolute Gasteiger partial charge is 0.387 e. The summed E-state index contributed by atoms with van der Waals surface area (Å²) in [5.41, 5.74) is 1.84. The fourth-order valence-electron chi connectivity index (χ4n) is 3.85. The van der Waals surface area contributed by atoms with E-state index in [0.717, 1.165) is 0 Å². The topological polar surface area (TPSA) is 77.8 Å². The predicted molar refractivity (Wildman–Crippen MR) is 111 cm³/mol. The molecule has 0 amide bonds. The summed E-state index contributed by atoms with van der Waals surface area (Å²) in [7, 11) is 1.51. The second kappa shape index (κ2) is 8.75. The summed E-state index contributed by atoms with van der Waals surface area (Å²) >= 11 is 0. The Morgan fingerprint density at radius 3 is 2.16 bits per heavy atom. The van der Waals surface area contributed by atoms with Gasteiger partial charge in [-0.1, -0.05) is 13.8 Å². The number of benzene rings is 2. The number of fused-ring (bicyclic) bond motifs is 1. The van der Waals surface area contributed by atoms with Gasteiger partial charge in [0.15, 0.2) is 0 Å². The van der Waals surface area contributed by atoms with Crippen LogP contribution in [0.25, 0.3) is 10.9 Å². The fourth-order valence-corrected chi connectivity index (χ4v) is 3.85. The normalized spacial score (nSPS) is 12.4. The van der Waals surface area contributed by atoms with E-state index in [1.807, 2.05) is 13.8 Å². The molecule has 1 aromatic heterocycles. The van der Waals surface area contributed by atoms with Crippen molar-refractivity contribution in [3.05, 3.63) is 59.3 Å². The summed E-state index contributed by atoms with van der Waals surface area (Å²) in [5, 5.41) is 10.5. The highest BCUT2D eigenvalue weighted by atomic mass is 19.3. The average Bonchev–Trinajstić information content (AvgIpc) is 2.98. The molecule has 1 unspecified atom stereocenters. The lowest BCUT2D eigenvalue weighted by Crippen LogP contribution is -2.19. The number of alkyl halides is 2. The number of rotatable bonds is 7. The van der Waals surface area contributed by atoms with Crippen molar-refractivity contribution in [2.75, 3.05) is 7.11 Å². The van der Waals surface area contributed by atoms with Crippen molar-refractivity contribution in [3.63, 3.8) is 0 Å². The van der Waals surface area contributed by atoms with E-state index in [9.17, 15) is 23.5 Å². The molecule has 31 heavy (non-hydrogen) atoms. The third-order valence-corrected chi connectivity index (χ3v) is 5.23. The van der Waals surface area contributed by atoms with E-state index >= 15 is 0 Å². The highest BCUT2D eigenvalue weighted by molar-refractivity contribution is 6.05. The SMILES string of the molecule is COc1ccc2c(c1)c(C(C(=O)O)C(C)C)c(C)n2C(=O)c1ccc(OC(F)F)cc1. The molecule has 1 heterocycles. The first-order chi connectivity index (χ1) is 14.6. The zero-order valence-electron chi connectivity index (χ0n) is 17.6. The van der Waals surface area contributed by atoms with Crippen LogP contribution in [0, 0.1) is 12.8 Å². The van der Waals surface area contributed by atoms with E-state index < -0.39 is 24.4 Å². The number of nitrogens with zero attached hydrogens (tertiary/aromatic N) is 1. The molecule has 3 aromatic rings. The fraction of sp³-hybridized carbons (Fsp3) is 0.304. The standard InChI is InChI=1S/C23H23F2NO5/c1-12(2)19(22(28)29)20-13(3)26(18-10-9-16(30-4)11-17(18)20)21(27)14-5-7-15(8-6-14)31-23(24)25/h5-12,19,23H,1-4H3,(H,28,29). The van der Waals surface area contributed by atoms with Crippen molar-refractivity contribution < 1.29 is 33.0 Å². The first-order valence-corrected chi connectivity index (χ1v) is 9.67. The number of ether oxygens (including phenoxy) is 2. The number of aliphatic carboxylic acids is 1. The van der Waals surface area contributed by atoms with Crippen molar-refractivity contribution in [2.45, 2.75) is 33.3 Å². The maximum Gasteiger partial charge on any atom is 0.387 e. The number of carbonyl (C=O) groups is 2. The van der Waals surface area contributed by atoms with E-state index in [0.29, 0.717) is 27.9 Å². The Morgan fingerprint density at radius 2 is 1.65 bits per heavy atom. The van der Waals surface area contributed by atoms with Crippen LogP contribution in [0.15, 0.2) is 42.5 Å². The van der Waals surface area contributed by atoms with Crippen LogP contribution in [0.1, 0.15) is 41.4 Å². The van der Waals surface area contributed by atoms with Crippen molar-refractivity contribution in [2.24, 2.45) is 5.92 Å². The summed E-state index contributed by atoms with van der Waals surface area (Å²) < 4.78 is 35.9. The lowest BCUT2D eigenvalue weighted by atomic mass is 9.86. The molecule has 0 aliphatic carbocycles. The molecule has 0 aliphatic rings. The Balaban J connectivity index is 2.19. The molecule has 164 valence electrons. The summed E-state index contributed by atoms with van der Waals surface area (Å²) in [6.45, 7) is 2.36. The summed E-state index contributed by atoms with van der Waals surface area (Å²) in [6, 6.07) is 10.5. The van der Waals surface area contributed by atoms with Gasteiger partial charge < -0.3 is 14.6 Å². The minimum Gasteiger partial charge on any atom is -0.497 e. The zero-order valence-corrected chi connectivity index (χ0v) is 17.6. The van der Waals surface area contributed by atoms with Gasteiger partial charge in [0.2, 0.25) is 0 Å². The van der Waals surface area contributed by atoms with Gasteiger partial charge in [-0.25, -0.2) is 0 Å². The number of carbonyl (C=O) groups excluding carboxylic acids is 1. The van der Waals surface area contributed by atoms with Crippen LogP contribution in [-0.2, 0) is 4.79 Å². The van der Waals surface area contributed by atoms with Crippen molar-refractivity contribution in [3.8, 4) is 11.5 Å². The molecular weight excluding hydrogens is 408 g/mol. The van der Waals surface area contributed by atoms with Gasteiger partial charge in [-0.15, -0.1) is 0 Å². The van der Waals surface area contributed by atoms with Crippen LogP contribution in [0.2, 0.25) is 0 Å².